The van der Waals surface area contributed by atoms with Crippen molar-refractivity contribution >= 4 is 15.6 Å². The van der Waals surface area contributed by atoms with Gasteiger partial charge in [-0.15, -0.1) is 0 Å². The van der Waals surface area contributed by atoms with Gasteiger partial charge in [-0.05, 0) is 36.4 Å². The maximum atomic E-state index is 13.7. The van der Waals surface area contributed by atoms with E-state index in [-0.39, 0.29) is 5.56 Å². The quantitative estimate of drug-likeness (QED) is 0.715. The third-order valence-corrected chi connectivity index (χ3v) is 5.10. The molecule has 0 bridgehead atoms. The second kappa shape index (κ2) is 6.56. The molecule has 0 spiro atoms. The SMILES string of the molecule is Cc1nc(-c2ccc(S(C)(=O)=NC(=O)c3ccccc3F)cc2)no1. The topological polar surface area (TPSA) is 85.4 Å². The normalized spacial score (nSPS) is 13.2. The van der Waals surface area contributed by atoms with Crippen molar-refractivity contribution in [3.63, 3.8) is 0 Å². The maximum Gasteiger partial charge on any atom is 0.288 e. The van der Waals surface area contributed by atoms with Crippen molar-refractivity contribution in [3.05, 3.63) is 65.8 Å². The lowest BCUT2D eigenvalue weighted by Crippen LogP contribution is -2.05. The van der Waals surface area contributed by atoms with Crippen LogP contribution in [0, 0.1) is 12.7 Å². The molecule has 0 fully saturated rings. The van der Waals surface area contributed by atoms with Crippen LogP contribution in [-0.4, -0.2) is 26.5 Å². The molecule has 0 radical (unpaired) electrons. The minimum atomic E-state index is -3.02. The van der Waals surface area contributed by atoms with Gasteiger partial charge in [-0.1, -0.05) is 17.3 Å². The molecule has 3 rings (SSSR count). The van der Waals surface area contributed by atoms with E-state index >= 15 is 0 Å². The third kappa shape index (κ3) is 3.63. The van der Waals surface area contributed by atoms with Gasteiger partial charge in [-0.2, -0.15) is 9.35 Å². The van der Waals surface area contributed by atoms with Crippen LogP contribution in [0.15, 0.2) is 62.3 Å². The molecular weight excluding hydrogens is 345 g/mol. The average Bonchev–Trinajstić information content (AvgIpc) is 3.01. The van der Waals surface area contributed by atoms with Gasteiger partial charge in [-0.25, -0.2) is 8.60 Å². The predicted octanol–water partition coefficient (Wildman–Crippen LogP) is 3.48. The molecule has 1 unspecified atom stereocenters. The van der Waals surface area contributed by atoms with Gasteiger partial charge in [0.25, 0.3) is 5.91 Å². The number of rotatable bonds is 3. The standard InChI is InChI=1S/C17H14FN3O3S/c1-11-19-16(20-24-11)12-7-9-13(10-8-12)25(2,23)21-17(22)14-5-3-4-6-15(14)18/h3-10H,1-2H3. The fourth-order valence-electron chi connectivity index (χ4n) is 2.17. The second-order valence-electron chi connectivity index (χ2n) is 5.34. The maximum absolute atomic E-state index is 13.7. The summed E-state index contributed by atoms with van der Waals surface area (Å²) in [4.78, 5) is 16.6. The number of aryl methyl sites for hydroxylation is 1. The molecule has 25 heavy (non-hydrogen) atoms. The molecule has 2 aromatic carbocycles. The van der Waals surface area contributed by atoms with E-state index in [1.54, 1.807) is 31.2 Å². The number of hydrogen-bond acceptors (Lipinski definition) is 5. The first-order valence-electron chi connectivity index (χ1n) is 7.28. The van der Waals surface area contributed by atoms with Gasteiger partial charge < -0.3 is 4.52 Å². The molecule has 3 aromatic rings. The molecule has 0 aliphatic rings. The van der Waals surface area contributed by atoms with Crippen molar-refractivity contribution in [1.82, 2.24) is 10.1 Å². The van der Waals surface area contributed by atoms with E-state index in [4.69, 9.17) is 4.52 Å². The molecule has 0 aliphatic heterocycles. The van der Waals surface area contributed by atoms with E-state index in [1.165, 1.54) is 24.5 Å². The van der Waals surface area contributed by atoms with E-state index in [0.29, 0.717) is 22.2 Å². The lowest BCUT2D eigenvalue weighted by Gasteiger charge is -2.05. The fourth-order valence-corrected chi connectivity index (χ4v) is 3.33. The van der Waals surface area contributed by atoms with Crippen LogP contribution in [0.2, 0.25) is 0 Å². The van der Waals surface area contributed by atoms with Gasteiger partial charge >= 0.3 is 0 Å². The highest BCUT2D eigenvalue weighted by Gasteiger charge is 2.15. The Morgan fingerprint density at radius 2 is 1.84 bits per heavy atom. The van der Waals surface area contributed by atoms with E-state index in [0.717, 1.165) is 6.07 Å². The van der Waals surface area contributed by atoms with Crippen molar-refractivity contribution < 1.29 is 17.9 Å². The number of nitrogens with zero attached hydrogens (tertiary/aromatic N) is 3. The Balaban J connectivity index is 1.93. The van der Waals surface area contributed by atoms with E-state index in [9.17, 15) is 13.4 Å². The molecule has 6 nitrogen and oxygen atoms in total. The van der Waals surface area contributed by atoms with Crippen molar-refractivity contribution in [2.24, 2.45) is 4.36 Å². The molecule has 0 saturated heterocycles. The van der Waals surface area contributed by atoms with Crippen molar-refractivity contribution in [1.29, 1.82) is 0 Å². The fraction of sp³-hybridized carbons (Fsp3) is 0.118. The highest BCUT2D eigenvalue weighted by Crippen LogP contribution is 2.20. The van der Waals surface area contributed by atoms with Crippen LogP contribution in [0.1, 0.15) is 16.2 Å². The van der Waals surface area contributed by atoms with Crippen LogP contribution in [0.25, 0.3) is 11.4 Å². The second-order valence-corrected chi connectivity index (χ2v) is 7.60. The van der Waals surface area contributed by atoms with Gasteiger partial charge in [0.1, 0.15) is 5.82 Å². The lowest BCUT2D eigenvalue weighted by atomic mass is 10.2. The number of carbonyl (C=O) groups excluding carboxylic acids is 1. The number of amides is 1. The number of halogens is 1. The molecule has 1 amide bonds. The largest absolute Gasteiger partial charge is 0.339 e. The van der Waals surface area contributed by atoms with Crippen LogP contribution in [0.5, 0.6) is 0 Å². The molecule has 128 valence electrons. The first kappa shape index (κ1) is 17.0. The molecule has 0 aliphatic carbocycles. The Hall–Kier alpha value is -2.87. The molecule has 1 aromatic heterocycles. The smallest absolute Gasteiger partial charge is 0.288 e. The van der Waals surface area contributed by atoms with Gasteiger partial charge in [-0.3, -0.25) is 4.79 Å². The Morgan fingerprint density at radius 3 is 2.44 bits per heavy atom. The summed E-state index contributed by atoms with van der Waals surface area (Å²) in [5.41, 5.74) is 0.465. The summed E-state index contributed by atoms with van der Waals surface area (Å²) in [6, 6.07) is 11.9. The molecule has 8 heteroatoms. The summed E-state index contributed by atoms with van der Waals surface area (Å²) >= 11 is 0. The van der Waals surface area contributed by atoms with Crippen LogP contribution in [-0.2, 0) is 9.73 Å². The minimum Gasteiger partial charge on any atom is -0.339 e. The summed E-state index contributed by atoms with van der Waals surface area (Å²) in [6.45, 7) is 1.68. The summed E-state index contributed by atoms with van der Waals surface area (Å²) < 4.78 is 35.1. The summed E-state index contributed by atoms with van der Waals surface area (Å²) in [5.74, 6) is -0.715. The van der Waals surface area contributed by atoms with Gasteiger partial charge in [0.05, 0.1) is 15.3 Å². The number of aromatic nitrogens is 2. The number of hydrogen-bond donors (Lipinski definition) is 0. The molecule has 0 N–H and O–H groups in total. The summed E-state index contributed by atoms with van der Waals surface area (Å²) in [5, 5.41) is 3.80. The highest BCUT2D eigenvalue weighted by atomic mass is 32.2. The zero-order valence-corrected chi connectivity index (χ0v) is 14.3. The van der Waals surface area contributed by atoms with Gasteiger partial charge in [0, 0.05) is 23.6 Å². The zero-order chi connectivity index (χ0) is 18.0. The van der Waals surface area contributed by atoms with E-state index in [2.05, 4.69) is 14.5 Å². The van der Waals surface area contributed by atoms with Gasteiger partial charge in [0.15, 0.2) is 0 Å². The summed E-state index contributed by atoms with van der Waals surface area (Å²) in [7, 11) is -3.02. The Morgan fingerprint density at radius 1 is 1.16 bits per heavy atom. The Labute approximate surface area is 143 Å². The van der Waals surface area contributed by atoms with E-state index < -0.39 is 21.5 Å². The molecule has 0 saturated carbocycles. The van der Waals surface area contributed by atoms with Gasteiger partial charge in [0.2, 0.25) is 11.7 Å². The Kier molecular flexibility index (Phi) is 4.45. The third-order valence-electron chi connectivity index (χ3n) is 3.44. The molecule has 1 heterocycles. The first-order valence-corrected chi connectivity index (χ1v) is 9.21. The van der Waals surface area contributed by atoms with Crippen molar-refractivity contribution in [3.8, 4) is 11.4 Å². The number of benzene rings is 2. The van der Waals surface area contributed by atoms with Crippen molar-refractivity contribution in [2.45, 2.75) is 11.8 Å². The lowest BCUT2D eigenvalue weighted by molar-refractivity contribution is 0.100. The number of carbonyl (C=O) groups is 1. The summed E-state index contributed by atoms with van der Waals surface area (Å²) in [6.07, 6.45) is 1.33. The average molecular weight is 359 g/mol. The molecular formula is C17H14FN3O3S. The Bertz CT molecular complexity index is 1050. The molecule has 1 atom stereocenters. The zero-order valence-electron chi connectivity index (χ0n) is 13.5. The van der Waals surface area contributed by atoms with Crippen LogP contribution in [0.3, 0.4) is 0 Å². The van der Waals surface area contributed by atoms with Crippen LogP contribution < -0.4 is 0 Å². The predicted molar refractivity (Wildman–Crippen MR) is 90.0 cm³/mol. The van der Waals surface area contributed by atoms with Crippen LogP contribution >= 0.6 is 0 Å². The van der Waals surface area contributed by atoms with E-state index in [1.807, 2.05) is 0 Å². The minimum absolute atomic E-state index is 0.212. The monoisotopic (exact) mass is 359 g/mol. The van der Waals surface area contributed by atoms with Crippen LogP contribution in [0.4, 0.5) is 4.39 Å². The first-order chi connectivity index (χ1) is 11.9. The van der Waals surface area contributed by atoms with Crippen molar-refractivity contribution in [2.75, 3.05) is 6.26 Å². The highest BCUT2D eigenvalue weighted by molar-refractivity contribution is 7.93.